The van der Waals surface area contributed by atoms with Gasteiger partial charge in [-0.25, -0.2) is 0 Å². The SMILES string of the molecule is c1ccc(B(c2ccccc2)c2ccccc2N2c3ccccc3Sc3ccccc32)cc1. The summed E-state index contributed by atoms with van der Waals surface area (Å²) in [6.07, 6.45) is 0. The molecule has 0 unspecified atom stereocenters. The molecule has 33 heavy (non-hydrogen) atoms. The predicted octanol–water partition coefficient (Wildman–Crippen LogP) is 6.14. The molecule has 0 amide bonds. The summed E-state index contributed by atoms with van der Waals surface area (Å²) in [5, 5.41) is 0. The molecule has 5 aromatic carbocycles. The molecule has 0 saturated heterocycles. The van der Waals surface area contributed by atoms with Crippen LogP contribution in [0.2, 0.25) is 0 Å². The highest BCUT2D eigenvalue weighted by atomic mass is 32.2. The minimum absolute atomic E-state index is 0.137. The normalized spacial score (nSPS) is 12.1. The van der Waals surface area contributed by atoms with Gasteiger partial charge in [0.1, 0.15) is 0 Å². The molecule has 0 bridgehead atoms. The smallest absolute Gasteiger partial charge is 0.243 e. The van der Waals surface area contributed by atoms with Crippen molar-refractivity contribution >= 4 is 51.9 Å². The molecule has 156 valence electrons. The highest BCUT2D eigenvalue weighted by Gasteiger charge is 2.30. The Kier molecular flexibility index (Phi) is 5.25. The average Bonchev–Trinajstić information content (AvgIpc) is 2.89. The summed E-state index contributed by atoms with van der Waals surface area (Å²) in [5.74, 6) is 0. The molecule has 0 N–H and O–H groups in total. The zero-order valence-electron chi connectivity index (χ0n) is 18.1. The second-order valence-corrected chi connectivity index (χ2v) is 9.27. The summed E-state index contributed by atoms with van der Waals surface area (Å²) in [7, 11) is 0. The van der Waals surface area contributed by atoms with Crippen molar-refractivity contribution in [2.75, 3.05) is 4.90 Å². The van der Waals surface area contributed by atoms with Crippen molar-refractivity contribution in [3.05, 3.63) is 133 Å². The third-order valence-electron chi connectivity index (χ3n) is 6.19. The maximum atomic E-state index is 2.44. The molecule has 0 saturated carbocycles. The lowest BCUT2D eigenvalue weighted by Gasteiger charge is -2.35. The van der Waals surface area contributed by atoms with Crippen LogP contribution in [0.5, 0.6) is 0 Å². The van der Waals surface area contributed by atoms with Gasteiger partial charge in [-0.15, -0.1) is 0 Å². The number of fused-ring (bicyclic) bond motifs is 2. The Labute approximate surface area is 199 Å². The summed E-state index contributed by atoms with van der Waals surface area (Å²) in [6, 6.07) is 48.0. The Bertz CT molecular complexity index is 1320. The van der Waals surface area contributed by atoms with Gasteiger partial charge in [-0.3, -0.25) is 0 Å². The van der Waals surface area contributed by atoms with Gasteiger partial charge in [0, 0.05) is 15.5 Å². The lowest BCUT2D eigenvalue weighted by Crippen LogP contribution is -2.53. The largest absolute Gasteiger partial charge is 0.309 e. The van der Waals surface area contributed by atoms with Gasteiger partial charge in [0.05, 0.1) is 11.4 Å². The maximum absolute atomic E-state index is 2.44. The summed E-state index contributed by atoms with van der Waals surface area (Å²) >= 11 is 1.85. The molecule has 0 atom stereocenters. The summed E-state index contributed by atoms with van der Waals surface area (Å²) < 4.78 is 0. The van der Waals surface area contributed by atoms with Crippen molar-refractivity contribution in [3.8, 4) is 0 Å². The number of rotatable bonds is 4. The van der Waals surface area contributed by atoms with Crippen LogP contribution in [-0.2, 0) is 0 Å². The number of anilines is 3. The van der Waals surface area contributed by atoms with Crippen LogP contribution in [0.25, 0.3) is 0 Å². The van der Waals surface area contributed by atoms with E-state index in [1.165, 1.54) is 43.2 Å². The van der Waals surface area contributed by atoms with Gasteiger partial charge in [-0.2, -0.15) is 0 Å². The number of nitrogens with zero attached hydrogens (tertiary/aromatic N) is 1. The Balaban J connectivity index is 1.61. The van der Waals surface area contributed by atoms with Gasteiger partial charge < -0.3 is 4.90 Å². The second kappa shape index (κ2) is 8.69. The van der Waals surface area contributed by atoms with Crippen molar-refractivity contribution in [1.82, 2.24) is 0 Å². The Morgan fingerprint density at radius 2 is 0.848 bits per heavy atom. The second-order valence-electron chi connectivity index (χ2n) is 8.19. The van der Waals surface area contributed by atoms with Gasteiger partial charge in [0.15, 0.2) is 0 Å². The third-order valence-corrected chi connectivity index (χ3v) is 7.32. The minimum Gasteiger partial charge on any atom is -0.309 e. The first-order valence-electron chi connectivity index (χ1n) is 11.2. The van der Waals surface area contributed by atoms with E-state index in [-0.39, 0.29) is 6.71 Å². The van der Waals surface area contributed by atoms with E-state index in [0.29, 0.717) is 0 Å². The molecule has 0 fully saturated rings. The van der Waals surface area contributed by atoms with E-state index in [1.54, 1.807) is 0 Å². The standard InChI is InChI=1S/C30H22BNS/c1-3-13-23(14-4-1)31(24-15-5-2-6-16-24)25-17-7-8-18-26(25)32-27-19-9-11-21-29(27)33-30-22-12-10-20-28(30)32/h1-22H. The van der Waals surface area contributed by atoms with E-state index in [1.807, 2.05) is 11.8 Å². The van der Waals surface area contributed by atoms with Crippen LogP contribution in [0.15, 0.2) is 143 Å². The monoisotopic (exact) mass is 439 g/mol. The van der Waals surface area contributed by atoms with Crippen LogP contribution in [0.4, 0.5) is 17.1 Å². The molecular formula is C30H22BNS. The van der Waals surface area contributed by atoms with E-state index in [9.17, 15) is 0 Å². The topological polar surface area (TPSA) is 3.24 Å². The van der Waals surface area contributed by atoms with Crippen LogP contribution < -0.4 is 21.3 Å². The van der Waals surface area contributed by atoms with Gasteiger partial charge in [0.25, 0.3) is 0 Å². The van der Waals surface area contributed by atoms with Crippen LogP contribution in [-0.4, -0.2) is 6.71 Å². The number of para-hydroxylation sites is 3. The van der Waals surface area contributed by atoms with Crippen LogP contribution in [0, 0.1) is 0 Å². The average molecular weight is 439 g/mol. The Morgan fingerprint density at radius 3 is 1.39 bits per heavy atom. The van der Waals surface area contributed by atoms with E-state index >= 15 is 0 Å². The van der Waals surface area contributed by atoms with Crippen molar-refractivity contribution in [2.45, 2.75) is 9.79 Å². The van der Waals surface area contributed by atoms with Gasteiger partial charge in [-0.05, 0) is 35.8 Å². The summed E-state index contributed by atoms with van der Waals surface area (Å²) in [6.45, 7) is 0.137. The molecule has 0 spiro atoms. The molecule has 1 aliphatic heterocycles. The highest BCUT2D eigenvalue weighted by Crippen LogP contribution is 2.50. The van der Waals surface area contributed by atoms with E-state index < -0.39 is 0 Å². The molecule has 1 nitrogen and oxygen atoms in total. The molecular weight excluding hydrogens is 417 g/mol. The molecule has 1 aliphatic rings. The lowest BCUT2D eigenvalue weighted by molar-refractivity contribution is 1.17. The zero-order chi connectivity index (χ0) is 22.0. The summed E-state index contributed by atoms with van der Waals surface area (Å²) in [4.78, 5) is 5.00. The predicted molar refractivity (Wildman–Crippen MR) is 143 cm³/mol. The van der Waals surface area contributed by atoms with Crippen LogP contribution in [0.3, 0.4) is 0 Å². The first-order chi connectivity index (χ1) is 16.4. The van der Waals surface area contributed by atoms with Crippen molar-refractivity contribution in [3.63, 3.8) is 0 Å². The number of hydrogen-bond donors (Lipinski definition) is 0. The fraction of sp³-hybridized carbons (Fsp3) is 0. The maximum Gasteiger partial charge on any atom is 0.243 e. The first kappa shape index (κ1) is 20.0. The quantitative estimate of drug-likeness (QED) is 0.304. The minimum atomic E-state index is 0.137. The van der Waals surface area contributed by atoms with Crippen LogP contribution >= 0.6 is 11.8 Å². The summed E-state index contributed by atoms with van der Waals surface area (Å²) in [5.41, 5.74) is 7.57. The molecule has 6 rings (SSSR count). The van der Waals surface area contributed by atoms with E-state index in [4.69, 9.17) is 0 Å². The molecule has 0 aliphatic carbocycles. The third kappa shape index (κ3) is 3.65. The van der Waals surface area contributed by atoms with Gasteiger partial charge in [0.2, 0.25) is 6.71 Å². The molecule has 0 aromatic heterocycles. The molecule has 0 radical (unpaired) electrons. The Morgan fingerprint density at radius 1 is 0.424 bits per heavy atom. The number of benzene rings is 5. The van der Waals surface area contributed by atoms with Gasteiger partial charge in [-0.1, -0.05) is 126 Å². The van der Waals surface area contributed by atoms with Crippen molar-refractivity contribution in [2.24, 2.45) is 0 Å². The van der Waals surface area contributed by atoms with Crippen molar-refractivity contribution < 1.29 is 0 Å². The fourth-order valence-corrected chi connectivity index (χ4v) is 5.80. The molecule has 1 heterocycles. The lowest BCUT2D eigenvalue weighted by atomic mass is 9.36. The van der Waals surface area contributed by atoms with E-state index in [2.05, 4.69) is 138 Å². The molecule has 5 aromatic rings. The van der Waals surface area contributed by atoms with Crippen molar-refractivity contribution in [1.29, 1.82) is 0 Å². The number of hydrogen-bond acceptors (Lipinski definition) is 2. The fourth-order valence-electron chi connectivity index (χ4n) is 4.74. The molecule has 3 heteroatoms. The highest BCUT2D eigenvalue weighted by molar-refractivity contribution is 7.99. The van der Waals surface area contributed by atoms with Gasteiger partial charge >= 0.3 is 0 Å². The van der Waals surface area contributed by atoms with Crippen LogP contribution in [0.1, 0.15) is 0 Å². The first-order valence-corrected chi connectivity index (χ1v) is 12.1. The van der Waals surface area contributed by atoms with E-state index in [0.717, 1.165) is 0 Å². The zero-order valence-corrected chi connectivity index (χ0v) is 19.0. The Hall–Kier alpha value is -3.69.